The van der Waals surface area contributed by atoms with Gasteiger partial charge in [0.05, 0.1) is 28.9 Å². The molecule has 1 unspecified atom stereocenters. The molecular weight excluding hydrogens is 759 g/mol. The molecule has 4 atom stereocenters. The Morgan fingerprint density at radius 3 is 2.26 bits per heavy atom. The van der Waals surface area contributed by atoms with Crippen LogP contribution in [0.2, 0.25) is 0 Å². The second kappa shape index (κ2) is 18.6. The number of nitrogens with two attached hydrogens (primary N) is 1. The number of amides is 6. The van der Waals surface area contributed by atoms with Crippen LogP contribution in [0.15, 0.2) is 35.4 Å². The van der Waals surface area contributed by atoms with Crippen molar-refractivity contribution in [2.24, 2.45) is 11.7 Å². The molecule has 1 saturated heterocycles. The van der Waals surface area contributed by atoms with E-state index >= 15 is 0 Å². The summed E-state index contributed by atoms with van der Waals surface area (Å²) in [6, 6.07) is 1.03. The summed E-state index contributed by atoms with van der Waals surface area (Å²) in [6.45, 7) is 3.34. The second-order valence-corrected chi connectivity index (χ2v) is 18.1. The van der Waals surface area contributed by atoms with Crippen LogP contribution >= 0.6 is 0 Å². The van der Waals surface area contributed by atoms with E-state index in [1.807, 2.05) is 0 Å². The van der Waals surface area contributed by atoms with E-state index in [0.717, 1.165) is 51.2 Å². The van der Waals surface area contributed by atoms with E-state index in [1.165, 1.54) is 40.0 Å². The molecule has 1 aliphatic heterocycles. The first-order valence-electron chi connectivity index (χ1n) is 19.6. The molecule has 1 aromatic carbocycles. The van der Waals surface area contributed by atoms with E-state index in [9.17, 15) is 42.3 Å². The molecule has 3 aliphatic rings. The van der Waals surface area contributed by atoms with Crippen LogP contribution in [0, 0.1) is 5.92 Å². The van der Waals surface area contributed by atoms with E-state index in [1.54, 1.807) is 13.8 Å². The summed E-state index contributed by atoms with van der Waals surface area (Å²) in [7, 11) is -3.52. The molecule has 312 valence electrons. The molecular formula is C38H55N9O9S. The SMILES string of the molecule is CC(C)(O)c1cnnn1[C@H]1C[C@@H](C(=O)NC(CCCCNC(=O)NC2CC2)C(=O)C(N)=O)N(C(=O)[C@@H](CC2CCCCC2)NC(=O)c2ccc(S(C)(=O)=O)cc2)C1. The van der Waals surface area contributed by atoms with Gasteiger partial charge in [0.1, 0.15) is 17.7 Å². The van der Waals surface area contributed by atoms with Crippen molar-refractivity contribution in [3.05, 3.63) is 41.7 Å². The fourth-order valence-corrected chi connectivity index (χ4v) is 8.19. The van der Waals surface area contributed by atoms with Crippen LogP contribution in [-0.2, 0) is 34.6 Å². The van der Waals surface area contributed by atoms with Gasteiger partial charge in [-0.2, -0.15) is 0 Å². The van der Waals surface area contributed by atoms with Gasteiger partial charge in [-0.05, 0) is 82.6 Å². The maximum atomic E-state index is 14.8. The Hall–Kier alpha value is -4.91. The van der Waals surface area contributed by atoms with Gasteiger partial charge in [0.2, 0.25) is 17.6 Å². The van der Waals surface area contributed by atoms with Crippen LogP contribution in [0.1, 0.15) is 113 Å². The molecule has 6 amide bonds. The third-order valence-electron chi connectivity index (χ3n) is 10.8. The highest BCUT2D eigenvalue weighted by Crippen LogP contribution is 2.33. The zero-order valence-corrected chi connectivity index (χ0v) is 33.6. The number of urea groups is 1. The Kier molecular flexibility index (Phi) is 14.1. The van der Waals surface area contributed by atoms with Gasteiger partial charge >= 0.3 is 6.03 Å². The van der Waals surface area contributed by atoms with Gasteiger partial charge in [-0.3, -0.25) is 24.0 Å². The van der Waals surface area contributed by atoms with Gasteiger partial charge in [-0.15, -0.1) is 5.10 Å². The molecule has 0 radical (unpaired) electrons. The van der Waals surface area contributed by atoms with E-state index in [-0.39, 0.29) is 54.3 Å². The number of hydrogen-bond acceptors (Lipinski definition) is 11. The molecule has 7 N–H and O–H groups in total. The average Bonchev–Trinajstić information content (AvgIpc) is 3.61. The smallest absolute Gasteiger partial charge is 0.315 e. The first kappa shape index (κ1) is 43.2. The highest BCUT2D eigenvalue weighted by atomic mass is 32.2. The van der Waals surface area contributed by atoms with Crippen molar-refractivity contribution in [3.63, 3.8) is 0 Å². The van der Waals surface area contributed by atoms with Crippen molar-refractivity contribution in [1.29, 1.82) is 0 Å². The van der Waals surface area contributed by atoms with Crippen molar-refractivity contribution in [3.8, 4) is 0 Å². The number of unbranched alkanes of at least 4 members (excludes halogenated alkanes) is 1. The Labute approximate surface area is 332 Å². The monoisotopic (exact) mass is 813 g/mol. The summed E-state index contributed by atoms with van der Waals surface area (Å²) < 4.78 is 25.5. The van der Waals surface area contributed by atoms with Gasteiger partial charge in [-0.25, -0.2) is 17.9 Å². The number of benzene rings is 1. The van der Waals surface area contributed by atoms with Gasteiger partial charge in [0.15, 0.2) is 9.84 Å². The number of aliphatic hydroxyl groups is 1. The Balaban J connectivity index is 1.38. The van der Waals surface area contributed by atoms with Crippen molar-refractivity contribution < 1.29 is 42.3 Å². The zero-order chi connectivity index (χ0) is 41.5. The van der Waals surface area contributed by atoms with Gasteiger partial charge in [-0.1, -0.05) is 37.3 Å². The van der Waals surface area contributed by atoms with Crippen LogP contribution in [0.5, 0.6) is 0 Å². The minimum atomic E-state index is -3.52. The molecule has 18 nitrogen and oxygen atoms in total. The van der Waals surface area contributed by atoms with Crippen LogP contribution < -0.4 is 27.0 Å². The first-order chi connectivity index (χ1) is 26.9. The Bertz CT molecular complexity index is 1900. The topological polar surface area (TPSA) is 265 Å². The summed E-state index contributed by atoms with van der Waals surface area (Å²) in [5.74, 6) is -4.03. The van der Waals surface area contributed by atoms with Crippen LogP contribution in [0.25, 0.3) is 0 Å². The molecule has 2 aromatic rings. The van der Waals surface area contributed by atoms with E-state index in [4.69, 9.17) is 5.73 Å². The molecule has 1 aromatic heterocycles. The molecule has 2 aliphatic carbocycles. The minimum Gasteiger partial charge on any atom is -0.384 e. The number of nitrogens with one attached hydrogen (secondary N) is 4. The second-order valence-electron chi connectivity index (χ2n) is 16.0. The van der Waals surface area contributed by atoms with Crippen molar-refractivity contribution >= 4 is 45.3 Å². The minimum absolute atomic E-state index is 0.00142. The number of primary amides is 1. The predicted molar refractivity (Wildman–Crippen MR) is 206 cm³/mol. The molecule has 19 heteroatoms. The fraction of sp³-hybridized carbons (Fsp3) is 0.632. The van der Waals surface area contributed by atoms with Crippen LogP contribution in [0.3, 0.4) is 0 Å². The normalized spacial score (nSPS) is 20.0. The molecule has 3 fully saturated rings. The number of nitrogens with zero attached hydrogens (tertiary/aromatic N) is 4. The Morgan fingerprint density at radius 2 is 1.65 bits per heavy atom. The molecule has 57 heavy (non-hydrogen) atoms. The number of rotatable bonds is 18. The maximum absolute atomic E-state index is 14.8. The molecule has 0 spiro atoms. The van der Waals surface area contributed by atoms with Gasteiger partial charge < -0.3 is 37.0 Å². The number of carbonyl (C=O) groups excluding carboxylic acids is 6. The number of sulfone groups is 1. The quantitative estimate of drug-likeness (QED) is 0.0913. The summed E-state index contributed by atoms with van der Waals surface area (Å²) >= 11 is 0. The fourth-order valence-electron chi connectivity index (χ4n) is 7.56. The van der Waals surface area contributed by atoms with Crippen LogP contribution in [0.4, 0.5) is 4.79 Å². The van der Waals surface area contributed by atoms with Crippen molar-refractivity contribution in [1.82, 2.24) is 41.2 Å². The standard InChI is InChI=1S/C38H55N9O9S/c1-38(2,54)31-21-41-45-47(31)26-20-30(35(51)43-28(32(48)33(39)49)11-7-8-18-40-37(53)42-25-14-15-25)46(22-26)36(52)29(19-23-9-5-4-6-10-23)44-34(50)24-12-16-27(17-13-24)57(3,55)56/h12-13,16-17,21,23,25-26,28-30,54H,4-11,14-15,18-20,22H2,1-3H3,(H2,39,49)(H,43,51)(H,44,50)(H2,40,42,53)/t26-,28?,29+,30-/m0/s1. The first-order valence-corrected chi connectivity index (χ1v) is 21.5. The average molecular weight is 814 g/mol. The molecule has 2 saturated carbocycles. The number of aromatic nitrogens is 3. The van der Waals surface area contributed by atoms with E-state index in [2.05, 4.69) is 31.6 Å². The lowest BCUT2D eigenvalue weighted by molar-refractivity contribution is -0.142. The number of hydrogen-bond donors (Lipinski definition) is 6. The molecule has 2 heterocycles. The third kappa shape index (κ3) is 11.8. The maximum Gasteiger partial charge on any atom is 0.315 e. The van der Waals surface area contributed by atoms with Gasteiger partial charge in [0, 0.05) is 37.4 Å². The summed E-state index contributed by atoms with van der Waals surface area (Å²) in [6.07, 6.45) is 10.1. The lowest BCUT2D eigenvalue weighted by Crippen LogP contribution is -2.56. The lowest BCUT2D eigenvalue weighted by Gasteiger charge is -2.32. The lowest BCUT2D eigenvalue weighted by atomic mass is 9.84. The predicted octanol–water partition coefficient (Wildman–Crippen LogP) is 0.991. The number of likely N-dealkylation sites (tertiary alicyclic amines) is 1. The summed E-state index contributed by atoms with van der Waals surface area (Å²) in [4.78, 5) is 81.1. The molecule has 0 bridgehead atoms. The van der Waals surface area contributed by atoms with Crippen molar-refractivity contribution in [2.75, 3.05) is 19.3 Å². The van der Waals surface area contributed by atoms with E-state index in [0.29, 0.717) is 25.1 Å². The van der Waals surface area contributed by atoms with Crippen LogP contribution in [-0.4, -0.2) is 112 Å². The highest BCUT2D eigenvalue weighted by Gasteiger charge is 2.45. The largest absolute Gasteiger partial charge is 0.384 e. The molecule has 5 rings (SSSR count). The van der Waals surface area contributed by atoms with Crippen molar-refractivity contribution in [2.45, 2.75) is 132 Å². The zero-order valence-electron chi connectivity index (χ0n) is 32.7. The van der Waals surface area contributed by atoms with E-state index < -0.39 is 69.0 Å². The third-order valence-corrected chi connectivity index (χ3v) is 12.0. The highest BCUT2D eigenvalue weighted by molar-refractivity contribution is 7.90. The summed E-state index contributed by atoms with van der Waals surface area (Å²) in [5, 5.41) is 30.1. The number of Topliss-reactive ketones (excluding diaryl/α,β-unsaturated/α-hetero) is 1. The Morgan fingerprint density at radius 1 is 0.965 bits per heavy atom. The number of carbonyl (C=O) groups is 6. The number of ketones is 1. The summed E-state index contributed by atoms with van der Waals surface area (Å²) in [5.41, 5.74) is 4.48. The van der Waals surface area contributed by atoms with Gasteiger partial charge in [0.25, 0.3) is 11.8 Å².